The number of likely N-dealkylation sites (tertiary alicyclic amines) is 1. The van der Waals surface area contributed by atoms with Crippen LogP contribution in [0.4, 0.5) is 0 Å². The molecule has 1 aromatic rings. The van der Waals surface area contributed by atoms with Crippen LogP contribution in [-0.4, -0.2) is 41.8 Å². The van der Waals surface area contributed by atoms with Crippen molar-refractivity contribution in [2.75, 3.05) is 19.7 Å². The zero-order valence-electron chi connectivity index (χ0n) is 12.0. The molecular formula is C16H22N2O2. The Kier molecular flexibility index (Phi) is 5.40. The van der Waals surface area contributed by atoms with Gasteiger partial charge in [0.1, 0.15) is 18.4 Å². The second-order valence-corrected chi connectivity index (χ2v) is 5.30. The summed E-state index contributed by atoms with van der Waals surface area (Å²) in [5.41, 5.74) is 0.568. The van der Waals surface area contributed by atoms with Gasteiger partial charge >= 0.3 is 0 Å². The molecule has 1 aliphatic heterocycles. The highest BCUT2D eigenvalue weighted by Gasteiger charge is 2.25. The van der Waals surface area contributed by atoms with Crippen LogP contribution in [0, 0.1) is 11.3 Å². The summed E-state index contributed by atoms with van der Waals surface area (Å²) in [7, 11) is 0. The van der Waals surface area contributed by atoms with Gasteiger partial charge < -0.3 is 9.84 Å². The number of aliphatic hydroxyl groups excluding tert-OH is 1. The number of nitrogens with zero attached hydrogens (tertiary/aromatic N) is 2. The molecule has 2 atom stereocenters. The molecule has 1 heterocycles. The van der Waals surface area contributed by atoms with Gasteiger partial charge in [-0.3, -0.25) is 4.90 Å². The molecule has 4 heteroatoms. The predicted octanol–water partition coefficient (Wildman–Crippen LogP) is 2.17. The van der Waals surface area contributed by atoms with Gasteiger partial charge in [-0.2, -0.15) is 5.26 Å². The van der Waals surface area contributed by atoms with Crippen LogP contribution in [0.15, 0.2) is 24.3 Å². The number of nitriles is 1. The maximum absolute atomic E-state index is 9.82. The Morgan fingerprint density at radius 2 is 2.25 bits per heavy atom. The first-order valence-corrected chi connectivity index (χ1v) is 7.26. The molecule has 20 heavy (non-hydrogen) atoms. The number of hydrogen-bond acceptors (Lipinski definition) is 4. The van der Waals surface area contributed by atoms with E-state index in [0.29, 0.717) is 17.9 Å². The van der Waals surface area contributed by atoms with Crippen LogP contribution in [0.5, 0.6) is 5.75 Å². The summed E-state index contributed by atoms with van der Waals surface area (Å²) < 4.78 is 5.71. The molecule has 1 aliphatic rings. The highest BCUT2D eigenvalue weighted by atomic mass is 16.5. The van der Waals surface area contributed by atoms with Gasteiger partial charge in [0.05, 0.1) is 11.7 Å². The number of benzene rings is 1. The molecule has 2 rings (SSSR count). The lowest BCUT2D eigenvalue weighted by Crippen LogP contribution is -2.47. The van der Waals surface area contributed by atoms with Crippen LogP contribution >= 0.6 is 0 Å². The second kappa shape index (κ2) is 7.28. The summed E-state index contributed by atoms with van der Waals surface area (Å²) >= 11 is 0. The first kappa shape index (κ1) is 14.8. The van der Waals surface area contributed by atoms with Crippen LogP contribution < -0.4 is 4.74 Å². The fourth-order valence-electron chi connectivity index (χ4n) is 2.80. The molecule has 1 N–H and O–H groups in total. The van der Waals surface area contributed by atoms with Crippen LogP contribution in [-0.2, 0) is 0 Å². The van der Waals surface area contributed by atoms with Crippen molar-refractivity contribution in [2.45, 2.75) is 38.3 Å². The standard InChI is InChI=1S/C16H22N2O2/c1-13(19)15-7-4-5-9-18(15)10-11-20-16-8-3-2-6-14(16)12-17/h2-3,6,8,13,15,19H,4-5,7,9-11H2,1H3/t13-,15+/m1/s1. The van der Waals surface area contributed by atoms with Gasteiger partial charge in [-0.25, -0.2) is 0 Å². The first-order chi connectivity index (χ1) is 9.72. The average Bonchev–Trinajstić information content (AvgIpc) is 2.48. The van der Waals surface area contributed by atoms with E-state index in [-0.39, 0.29) is 12.1 Å². The van der Waals surface area contributed by atoms with Crippen molar-refractivity contribution >= 4 is 0 Å². The lowest BCUT2D eigenvalue weighted by molar-refractivity contribution is 0.0293. The van der Waals surface area contributed by atoms with Gasteiger partial charge in [0.25, 0.3) is 0 Å². The molecule has 1 saturated heterocycles. The fraction of sp³-hybridized carbons (Fsp3) is 0.562. The molecular weight excluding hydrogens is 252 g/mol. The summed E-state index contributed by atoms with van der Waals surface area (Å²) in [5.74, 6) is 0.639. The van der Waals surface area contributed by atoms with E-state index in [9.17, 15) is 5.11 Å². The van der Waals surface area contributed by atoms with Crippen LogP contribution in [0.1, 0.15) is 31.7 Å². The van der Waals surface area contributed by atoms with Gasteiger partial charge in [-0.05, 0) is 38.4 Å². The number of hydrogen-bond donors (Lipinski definition) is 1. The quantitative estimate of drug-likeness (QED) is 0.894. The Morgan fingerprint density at radius 3 is 3.00 bits per heavy atom. The Balaban J connectivity index is 1.87. The van der Waals surface area contributed by atoms with E-state index in [2.05, 4.69) is 11.0 Å². The van der Waals surface area contributed by atoms with Crippen LogP contribution in [0.3, 0.4) is 0 Å². The normalized spacial score (nSPS) is 21.1. The highest BCUT2D eigenvalue weighted by molar-refractivity contribution is 5.42. The zero-order chi connectivity index (χ0) is 14.4. The van der Waals surface area contributed by atoms with Gasteiger partial charge in [-0.15, -0.1) is 0 Å². The second-order valence-electron chi connectivity index (χ2n) is 5.30. The molecule has 1 aromatic carbocycles. The molecule has 108 valence electrons. The third-order valence-corrected chi connectivity index (χ3v) is 3.86. The average molecular weight is 274 g/mol. The van der Waals surface area contributed by atoms with E-state index in [1.54, 1.807) is 6.07 Å². The topological polar surface area (TPSA) is 56.5 Å². The maximum atomic E-state index is 9.82. The van der Waals surface area contributed by atoms with Crippen molar-refractivity contribution < 1.29 is 9.84 Å². The van der Waals surface area contributed by atoms with E-state index < -0.39 is 0 Å². The van der Waals surface area contributed by atoms with Crippen LogP contribution in [0.2, 0.25) is 0 Å². The molecule has 0 aliphatic carbocycles. The minimum absolute atomic E-state index is 0.235. The smallest absolute Gasteiger partial charge is 0.137 e. The van der Waals surface area contributed by atoms with Crippen LogP contribution in [0.25, 0.3) is 0 Å². The number of aliphatic hydroxyl groups is 1. The number of rotatable bonds is 5. The number of ether oxygens (including phenoxy) is 1. The highest BCUT2D eigenvalue weighted by Crippen LogP contribution is 2.20. The monoisotopic (exact) mass is 274 g/mol. The minimum atomic E-state index is -0.304. The fourth-order valence-corrected chi connectivity index (χ4v) is 2.80. The lowest BCUT2D eigenvalue weighted by Gasteiger charge is -2.37. The summed E-state index contributed by atoms with van der Waals surface area (Å²) in [6, 6.07) is 9.65. The van der Waals surface area contributed by atoms with E-state index in [1.807, 2.05) is 25.1 Å². The zero-order valence-corrected chi connectivity index (χ0v) is 12.0. The Hall–Kier alpha value is -1.57. The number of piperidine rings is 1. The number of para-hydroxylation sites is 1. The molecule has 0 amide bonds. The third kappa shape index (κ3) is 3.72. The molecule has 0 aromatic heterocycles. The molecule has 0 bridgehead atoms. The van der Waals surface area contributed by atoms with E-state index in [1.165, 1.54) is 12.8 Å². The molecule has 4 nitrogen and oxygen atoms in total. The maximum Gasteiger partial charge on any atom is 0.137 e. The first-order valence-electron chi connectivity index (χ1n) is 7.26. The summed E-state index contributed by atoms with van der Waals surface area (Å²) in [4.78, 5) is 2.29. The summed E-state index contributed by atoms with van der Waals surface area (Å²) in [5, 5.41) is 18.8. The Morgan fingerprint density at radius 1 is 1.45 bits per heavy atom. The summed E-state index contributed by atoms with van der Waals surface area (Å²) in [6.07, 6.45) is 3.11. The molecule has 0 saturated carbocycles. The predicted molar refractivity (Wildman–Crippen MR) is 77.5 cm³/mol. The SMILES string of the molecule is C[C@@H](O)[C@@H]1CCCCN1CCOc1ccccc1C#N. The Labute approximate surface area is 120 Å². The molecule has 0 radical (unpaired) electrons. The van der Waals surface area contributed by atoms with E-state index in [0.717, 1.165) is 19.5 Å². The van der Waals surface area contributed by atoms with Gasteiger partial charge in [0.2, 0.25) is 0 Å². The molecule has 0 spiro atoms. The molecule has 1 fully saturated rings. The van der Waals surface area contributed by atoms with Crippen molar-refractivity contribution in [2.24, 2.45) is 0 Å². The van der Waals surface area contributed by atoms with Gasteiger partial charge in [0.15, 0.2) is 0 Å². The Bertz CT molecular complexity index is 468. The van der Waals surface area contributed by atoms with Gasteiger partial charge in [0, 0.05) is 12.6 Å². The van der Waals surface area contributed by atoms with Gasteiger partial charge in [-0.1, -0.05) is 18.6 Å². The largest absolute Gasteiger partial charge is 0.491 e. The summed E-state index contributed by atoms with van der Waals surface area (Å²) in [6.45, 7) is 4.20. The van der Waals surface area contributed by atoms with Crippen molar-refractivity contribution in [3.63, 3.8) is 0 Å². The van der Waals surface area contributed by atoms with E-state index >= 15 is 0 Å². The minimum Gasteiger partial charge on any atom is -0.491 e. The van der Waals surface area contributed by atoms with Crippen molar-refractivity contribution in [1.29, 1.82) is 5.26 Å². The lowest BCUT2D eigenvalue weighted by atomic mass is 9.98. The van der Waals surface area contributed by atoms with Crippen molar-refractivity contribution in [3.05, 3.63) is 29.8 Å². The van der Waals surface area contributed by atoms with Crippen molar-refractivity contribution in [3.8, 4) is 11.8 Å². The molecule has 0 unspecified atom stereocenters. The van der Waals surface area contributed by atoms with E-state index in [4.69, 9.17) is 10.00 Å². The third-order valence-electron chi connectivity index (χ3n) is 3.86. The van der Waals surface area contributed by atoms with Crippen molar-refractivity contribution in [1.82, 2.24) is 4.90 Å².